The Bertz CT molecular complexity index is 527. The van der Waals surface area contributed by atoms with Crippen LogP contribution in [0.25, 0.3) is 0 Å². The smallest absolute Gasteiger partial charge is 0.224 e. The van der Waals surface area contributed by atoms with Crippen molar-refractivity contribution in [2.75, 3.05) is 6.54 Å². The molecular weight excluding hydrogens is 264 g/mol. The molecule has 2 N–H and O–H groups in total. The molecule has 1 aromatic heterocycles. The van der Waals surface area contributed by atoms with E-state index in [4.69, 9.17) is 5.73 Å². The second-order valence-electron chi connectivity index (χ2n) is 7.61. The molecular formula is C16H28N4O. The minimum Gasteiger partial charge on any atom is -0.334 e. The van der Waals surface area contributed by atoms with Gasteiger partial charge in [-0.15, -0.1) is 0 Å². The Kier molecular flexibility index (Phi) is 4.15. The summed E-state index contributed by atoms with van der Waals surface area (Å²) in [5.41, 5.74) is 8.36. The van der Waals surface area contributed by atoms with Crippen molar-refractivity contribution < 1.29 is 4.79 Å². The molecule has 1 amide bonds. The highest BCUT2D eigenvalue weighted by molar-refractivity contribution is 5.80. The molecule has 2 unspecified atom stereocenters. The van der Waals surface area contributed by atoms with E-state index in [1.165, 1.54) is 0 Å². The van der Waals surface area contributed by atoms with Gasteiger partial charge >= 0.3 is 0 Å². The number of hydrogen-bond donors (Lipinski definition) is 1. The number of nitrogens with zero attached hydrogens (tertiary/aromatic N) is 3. The summed E-state index contributed by atoms with van der Waals surface area (Å²) in [6.45, 7) is 11.4. The summed E-state index contributed by atoms with van der Waals surface area (Å²) in [5, 5.41) is 4.62. The van der Waals surface area contributed by atoms with E-state index in [1.54, 1.807) is 0 Å². The van der Waals surface area contributed by atoms with Crippen LogP contribution >= 0.6 is 0 Å². The van der Waals surface area contributed by atoms with Crippen LogP contribution in [0, 0.1) is 5.92 Å². The molecule has 0 saturated carbocycles. The third-order valence-electron chi connectivity index (χ3n) is 3.92. The largest absolute Gasteiger partial charge is 0.334 e. The Morgan fingerprint density at radius 2 is 2.05 bits per heavy atom. The van der Waals surface area contributed by atoms with E-state index in [9.17, 15) is 4.79 Å². The van der Waals surface area contributed by atoms with Crippen molar-refractivity contribution in [3.05, 3.63) is 17.5 Å². The van der Waals surface area contributed by atoms with Gasteiger partial charge in [-0.3, -0.25) is 9.48 Å². The van der Waals surface area contributed by atoms with Gasteiger partial charge in [0.05, 0.1) is 11.7 Å². The first-order chi connectivity index (χ1) is 9.61. The third-order valence-corrected chi connectivity index (χ3v) is 3.92. The van der Waals surface area contributed by atoms with Crippen LogP contribution in [0.15, 0.2) is 6.20 Å². The first-order valence-corrected chi connectivity index (χ1v) is 7.70. The first-order valence-electron chi connectivity index (χ1n) is 7.70. The van der Waals surface area contributed by atoms with E-state index in [0.717, 1.165) is 17.8 Å². The van der Waals surface area contributed by atoms with Gasteiger partial charge in [0.25, 0.3) is 0 Å². The lowest BCUT2D eigenvalue weighted by molar-refractivity contribution is -0.129. The van der Waals surface area contributed by atoms with Crippen LogP contribution in [0.4, 0.5) is 0 Å². The van der Waals surface area contributed by atoms with E-state index < -0.39 is 0 Å². The lowest BCUT2D eigenvalue weighted by Gasteiger charge is -2.30. The van der Waals surface area contributed by atoms with Gasteiger partial charge in [0.1, 0.15) is 0 Å². The molecule has 1 aliphatic rings. The third kappa shape index (κ3) is 3.12. The van der Waals surface area contributed by atoms with Crippen molar-refractivity contribution in [3.63, 3.8) is 0 Å². The van der Waals surface area contributed by atoms with Crippen molar-refractivity contribution in [1.29, 1.82) is 0 Å². The standard InChI is InChI=1S/C16H28N4O/c1-10(2)8-20-13(21)7-12(17)14(20)11-9-19(6)18-15(11)16(3,4)5/h9-10,12,14H,7-8,17H2,1-6H3. The van der Waals surface area contributed by atoms with E-state index in [0.29, 0.717) is 12.3 Å². The Morgan fingerprint density at radius 1 is 1.43 bits per heavy atom. The number of nitrogens with two attached hydrogens (primary N) is 1. The molecule has 21 heavy (non-hydrogen) atoms. The second-order valence-corrected chi connectivity index (χ2v) is 7.61. The second kappa shape index (κ2) is 5.44. The van der Waals surface area contributed by atoms with Crippen molar-refractivity contribution in [2.24, 2.45) is 18.7 Å². The molecule has 2 heterocycles. The number of aromatic nitrogens is 2. The molecule has 5 heteroatoms. The Hall–Kier alpha value is -1.36. The van der Waals surface area contributed by atoms with Gasteiger partial charge in [-0.25, -0.2) is 0 Å². The van der Waals surface area contributed by atoms with Crippen LogP contribution in [0.1, 0.15) is 58.3 Å². The lowest BCUT2D eigenvalue weighted by atomic mass is 9.86. The zero-order chi connectivity index (χ0) is 15.9. The number of hydrogen-bond acceptors (Lipinski definition) is 3. The molecule has 0 radical (unpaired) electrons. The number of rotatable bonds is 3. The quantitative estimate of drug-likeness (QED) is 0.926. The summed E-state index contributed by atoms with van der Waals surface area (Å²) >= 11 is 0. The Labute approximate surface area is 127 Å². The topological polar surface area (TPSA) is 64.2 Å². The highest BCUT2D eigenvalue weighted by atomic mass is 16.2. The molecule has 5 nitrogen and oxygen atoms in total. The fourth-order valence-electron chi connectivity index (χ4n) is 3.13. The van der Waals surface area contributed by atoms with E-state index in [2.05, 4.69) is 39.7 Å². The summed E-state index contributed by atoms with van der Waals surface area (Å²) in [4.78, 5) is 14.2. The van der Waals surface area contributed by atoms with Crippen LogP contribution in [0.2, 0.25) is 0 Å². The van der Waals surface area contributed by atoms with Gasteiger partial charge in [-0.2, -0.15) is 5.10 Å². The molecule has 0 spiro atoms. The minimum absolute atomic E-state index is 0.0529. The van der Waals surface area contributed by atoms with Crippen molar-refractivity contribution in [3.8, 4) is 0 Å². The van der Waals surface area contributed by atoms with Crippen LogP contribution in [0.5, 0.6) is 0 Å². The zero-order valence-corrected chi connectivity index (χ0v) is 14.1. The SMILES string of the molecule is CC(C)CN1C(=O)CC(N)C1c1cn(C)nc1C(C)(C)C. The van der Waals surface area contributed by atoms with Crippen LogP contribution < -0.4 is 5.73 Å². The number of carbonyl (C=O) groups excluding carboxylic acids is 1. The predicted octanol–water partition coefficient (Wildman–Crippen LogP) is 1.97. The number of aryl methyl sites for hydroxylation is 1. The molecule has 1 fully saturated rings. The fourth-order valence-corrected chi connectivity index (χ4v) is 3.13. The zero-order valence-electron chi connectivity index (χ0n) is 14.1. The molecule has 1 aliphatic heterocycles. The maximum Gasteiger partial charge on any atom is 0.224 e. The van der Waals surface area contributed by atoms with E-state index in [1.807, 2.05) is 22.8 Å². The molecule has 2 rings (SSSR count). The average molecular weight is 292 g/mol. The van der Waals surface area contributed by atoms with Crippen LogP contribution in [-0.4, -0.2) is 33.2 Å². The van der Waals surface area contributed by atoms with Gasteiger partial charge in [0, 0.05) is 43.2 Å². The molecule has 0 aliphatic carbocycles. The Morgan fingerprint density at radius 3 is 2.57 bits per heavy atom. The molecule has 2 atom stereocenters. The van der Waals surface area contributed by atoms with E-state index in [-0.39, 0.29) is 23.4 Å². The molecule has 1 saturated heterocycles. The molecule has 118 valence electrons. The maximum absolute atomic E-state index is 12.3. The maximum atomic E-state index is 12.3. The number of amides is 1. The minimum atomic E-state index is -0.151. The van der Waals surface area contributed by atoms with Gasteiger partial charge in [0.2, 0.25) is 5.91 Å². The Balaban J connectivity index is 2.45. The highest BCUT2D eigenvalue weighted by Gasteiger charge is 2.41. The summed E-state index contributed by atoms with van der Waals surface area (Å²) in [5.74, 6) is 0.585. The summed E-state index contributed by atoms with van der Waals surface area (Å²) in [7, 11) is 1.92. The lowest BCUT2D eigenvalue weighted by Crippen LogP contribution is -2.36. The normalized spacial score (nSPS) is 23.4. The van der Waals surface area contributed by atoms with Gasteiger partial charge < -0.3 is 10.6 Å². The molecule has 0 bridgehead atoms. The average Bonchev–Trinajstić information content (AvgIpc) is 2.79. The fraction of sp³-hybridized carbons (Fsp3) is 0.750. The molecule has 1 aromatic rings. The van der Waals surface area contributed by atoms with Gasteiger partial charge in [-0.1, -0.05) is 34.6 Å². The van der Waals surface area contributed by atoms with Gasteiger partial charge in [0.15, 0.2) is 0 Å². The molecule has 0 aromatic carbocycles. The van der Waals surface area contributed by atoms with Crippen LogP contribution in [-0.2, 0) is 17.3 Å². The number of carbonyl (C=O) groups is 1. The predicted molar refractivity (Wildman–Crippen MR) is 83.8 cm³/mol. The van der Waals surface area contributed by atoms with Crippen molar-refractivity contribution >= 4 is 5.91 Å². The summed E-state index contributed by atoms with van der Waals surface area (Å²) in [6.07, 6.45) is 2.45. The number of likely N-dealkylation sites (tertiary alicyclic amines) is 1. The monoisotopic (exact) mass is 292 g/mol. The van der Waals surface area contributed by atoms with E-state index >= 15 is 0 Å². The summed E-state index contributed by atoms with van der Waals surface area (Å²) in [6, 6.07) is -0.204. The van der Waals surface area contributed by atoms with Crippen LogP contribution in [0.3, 0.4) is 0 Å². The van der Waals surface area contributed by atoms with Crippen molar-refractivity contribution in [2.45, 2.75) is 58.5 Å². The van der Waals surface area contributed by atoms with Crippen molar-refractivity contribution in [1.82, 2.24) is 14.7 Å². The highest BCUT2D eigenvalue weighted by Crippen LogP contribution is 2.37. The summed E-state index contributed by atoms with van der Waals surface area (Å²) < 4.78 is 1.83. The first kappa shape index (κ1) is 16.0. The van der Waals surface area contributed by atoms with Gasteiger partial charge in [-0.05, 0) is 5.92 Å².